The average molecular weight is 181 g/mol. The van der Waals surface area contributed by atoms with Crippen molar-refractivity contribution in [2.24, 2.45) is 5.92 Å². The zero-order valence-electron chi connectivity index (χ0n) is 8.06. The van der Waals surface area contributed by atoms with Crippen LogP contribution in [0.5, 0.6) is 0 Å². The van der Waals surface area contributed by atoms with E-state index in [1.807, 2.05) is 4.57 Å². The monoisotopic (exact) mass is 181 g/mol. The second kappa shape index (κ2) is 3.10. The van der Waals surface area contributed by atoms with Crippen molar-refractivity contribution in [3.05, 3.63) is 11.6 Å². The Kier molecular flexibility index (Phi) is 2.07. The molecule has 1 aliphatic carbocycles. The van der Waals surface area contributed by atoms with E-state index in [9.17, 15) is 0 Å². The van der Waals surface area contributed by atoms with Crippen LogP contribution in [0, 0.1) is 5.92 Å². The first-order chi connectivity index (χ1) is 6.27. The molecular formula is C9H15N3O. The first kappa shape index (κ1) is 8.69. The summed E-state index contributed by atoms with van der Waals surface area (Å²) in [6, 6.07) is 0. The Bertz CT molecular complexity index is 308. The van der Waals surface area contributed by atoms with Gasteiger partial charge in [0.1, 0.15) is 12.4 Å². The number of aromatic nitrogens is 3. The first-order valence-electron chi connectivity index (χ1n) is 4.80. The van der Waals surface area contributed by atoms with E-state index >= 15 is 0 Å². The Morgan fingerprint density at radius 3 is 2.69 bits per heavy atom. The fraction of sp³-hybridized carbons (Fsp3) is 0.778. The van der Waals surface area contributed by atoms with Gasteiger partial charge in [-0.1, -0.05) is 6.92 Å². The molecule has 0 saturated heterocycles. The predicted octanol–water partition coefficient (Wildman–Crippen LogP) is 0.914. The largest absolute Gasteiger partial charge is 0.388 e. The first-order valence-corrected chi connectivity index (χ1v) is 4.80. The fourth-order valence-corrected chi connectivity index (χ4v) is 1.77. The maximum atomic E-state index is 9.01. The molecule has 0 bridgehead atoms. The van der Waals surface area contributed by atoms with Crippen LogP contribution in [0.15, 0.2) is 0 Å². The molecule has 0 radical (unpaired) electrons. The topological polar surface area (TPSA) is 50.9 Å². The Labute approximate surface area is 77.6 Å². The van der Waals surface area contributed by atoms with Gasteiger partial charge in [-0.05, 0) is 19.3 Å². The smallest absolute Gasteiger partial charge is 0.158 e. The Morgan fingerprint density at radius 2 is 2.23 bits per heavy atom. The number of hydrogen-bond donors (Lipinski definition) is 1. The van der Waals surface area contributed by atoms with E-state index in [1.54, 1.807) is 0 Å². The minimum absolute atomic E-state index is 0.0120. The number of hydrogen-bond acceptors (Lipinski definition) is 3. The molecular weight excluding hydrogens is 166 g/mol. The van der Waals surface area contributed by atoms with E-state index < -0.39 is 0 Å². The quantitative estimate of drug-likeness (QED) is 0.754. The Morgan fingerprint density at radius 1 is 1.54 bits per heavy atom. The molecule has 1 aromatic rings. The van der Waals surface area contributed by atoms with Crippen molar-refractivity contribution in [2.75, 3.05) is 0 Å². The van der Waals surface area contributed by atoms with E-state index in [4.69, 9.17) is 5.11 Å². The molecule has 0 aromatic carbocycles. The average Bonchev–Trinajstić information content (AvgIpc) is 2.72. The molecule has 13 heavy (non-hydrogen) atoms. The van der Waals surface area contributed by atoms with Gasteiger partial charge in [-0.25, -0.2) is 0 Å². The lowest BCUT2D eigenvalue weighted by Crippen LogP contribution is -2.05. The maximum absolute atomic E-state index is 9.01. The molecule has 4 nitrogen and oxygen atoms in total. The van der Waals surface area contributed by atoms with Crippen molar-refractivity contribution < 1.29 is 5.11 Å². The molecule has 2 rings (SSSR count). The molecule has 72 valence electrons. The molecule has 1 N–H and O–H groups in total. The maximum Gasteiger partial charge on any atom is 0.158 e. The molecule has 1 aromatic heterocycles. The predicted molar refractivity (Wildman–Crippen MR) is 48.1 cm³/mol. The highest BCUT2D eigenvalue weighted by Gasteiger charge is 2.38. The summed E-state index contributed by atoms with van der Waals surface area (Å²) in [5.41, 5.74) is 0. The zero-order valence-corrected chi connectivity index (χ0v) is 8.06. The van der Waals surface area contributed by atoms with E-state index in [0.717, 1.165) is 18.3 Å². The van der Waals surface area contributed by atoms with Gasteiger partial charge in [0.25, 0.3) is 0 Å². The third-order valence-electron chi connectivity index (χ3n) is 2.75. The van der Waals surface area contributed by atoms with E-state index in [-0.39, 0.29) is 6.61 Å². The fourth-order valence-electron chi connectivity index (χ4n) is 1.77. The van der Waals surface area contributed by atoms with Crippen LogP contribution in [0.3, 0.4) is 0 Å². The van der Waals surface area contributed by atoms with Crippen LogP contribution in [0.25, 0.3) is 0 Å². The summed E-state index contributed by atoms with van der Waals surface area (Å²) in [4.78, 5) is 0. The van der Waals surface area contributed by atoms with E-state index in [1.165, 1.54) is 6.42 Å². The Balaban J connectivity index is 2.29. The van der Waals surface area contributed by atoms with Crippen molar-refractivity contribution in [1.29, 1.82) is 0 Å². The molecule has 1 saturated carbocycles. The van der Waals surface area contributed by atoms with Crippen LogP contribution in [-0.4, -0.2) is 19.9 Å². The summed E-state index contributed by atoms with van der Waals surface area (Å²) in [6.45, 7) is 5.11. The number of nitrogens with zero attached hydrogens (tertiary/aromatic N) is 3. The number of aliphatic hydroxyl groups excluding tert-OH is 1. The van der Waals surface area contributed by atoms with E-state index in [2.05, 4.69) is 24.0 Å². The van der Waals surface area contributed by atoms with Crippen molar-refractivity contribution in [3.8, 4) is 0 Å². The second-order valence-electron chi connectivity index (χ2n) is 3.70. The molecule has 2 unspecified atom stereocenters. The standard InChI is InChI=1S/C9H15N3O/c1-3-12-8(5-13)10-11-9(12)7-4-6(7)2/h6-7,13H,3-5H2,1-2H3. The van der Waals surface area contributed by atoms with Crippen LogP contribution in [-0.2, 0) is 13.2 Å². The lowest BCUT2D eigenvalue weighted by atomic mass is 10.3. The molecule has 0 spiro atoms. The van der Waals surface area contributed by atoms with Crippen LogP contribution < -0.4 is 0 Å². The normalized spacial score (nSPS) is 26.4. The summed E-state index contributed by atoms with van der Waals surface area (Å²) in [5.74, 6) is 3.06. The van der Waals surface area contributed by atoms with Gasteiger partial charge in [-0.3, -0.25) is 0 Å². The number of aliphatic hydroxyl groups is 1. The highest BCUT2D eigenvalue weighted by Crippen LogP contribution is 2.46. The molecule has 0 aliphatic heterocycles. The second-order valence-corrected chi connectivity index (χ2v) is 3.70. The molecule has 1 heterocycles. The SMILES string of the molecule is CCn1c(CO)nnc1C1CC1C. The molecule has 1 fully saturated rings. The molecule has 0 amide bonds. The summed E-state index contributed by atoms with van der Waals surface area (Å²) in [5, 5.41) is 17.1. The van der Waals surface area contributed by atoms with Gasteiger partial charge in [0.15, 0.2) is 5.82 Å². The van der Waals surface area contributed by atoms with Gasteiger partial charge in [-0.2, -0.15) is 0 Å². The van der Waals surface area contributed by atoms with Crippen LogP contribution in [0.2, 0.25) is 0 Å². The molecule has 4 heteroatoms. The summed E-state index contributed by atoms with van der Waals surface area (Å²) in [6.07, 6.45) is 1.21. The van der Waals surface area contributed by atoms with Crippen molar-refractivity contribution in [1.82, 2.24) is 14.8 Å². The lowest BCUT2D eigenvalue weighted by Gasteiger charge is -2.04. The van der Waals surface area contributed by atoms with Gasteiger partial charge in [0.05, 0.1) is 0 Å². The summed E-state index contributed by atoms with van der Waals surface area (Å²) in [7, 11) is 0. The third-order valence-corrected chi connectivity index (χ3v) is 2.75. The van der Waals surface area contributed by atoms with Gasteiger partial charge < -0.3 is 9.67 Å². The minimum atomic E-state index is -0.0120. The minimum Gasteiger partial charge on any atom is -0.388 e. The lowest BCUT2D eigenvalue weighted by molar-refractivity contribution is 0.264. The molecule has 2 atom stereocenters. The van der Waals surface area contributed by atoms with Crippen LogP contribution >= 0.6 is 0 Å². The van der Waals surface area contributed by atoms with Crippen molar-refractivity contribution >= 4 is 0 Å². The van der Waals surface area contributed by atoms with Gasteiger partial charge >= 0.3 is 0 Å². The number of rotatable bonds is 3. The van der Waals surface area contributed by atoms with Crippen LogP contribution in [0.1, 0.15) is 37.8 Å². The van der Waals surface area contributed by atoms with Gasteiger partial charge in [0.2, 0.25) is 0 Å². The van der Waals surface area contributed by atoms with Gasteiger partial charge in [0, 0.05) is 12.5 Å². The summed E-state index contributed by atoms with van der Waals surface area (Å²) >= 11 is 0. The Hall–Kier alpha value is -0.900. The van der Waals surface area contributed by atoms with Crippen LogP contribution in [0.4, 0.5) is 0 Å². The highest BCUT2D eigenvalue weighted by atomic mass is 16.3. The zero-order chi connectivity index (χ0) is 9.42. The third kappa shape index (κ3) is 1.35. The van der Waals surface area contributed by atoms with E-state index in [0.29, 0.717) is 11.7 Å². The van der Waals surface area contributed by atoms with Gasteiger partial charge in [-0.15, -0.1) is 10.2 Å². The van der Waals surface area contributed by atoms with Crippen molar-refractivity contribution in [3.63, 3.8) is 0 Å². The van der Waals surface area contributed by atoms with Crippen molar-refractivity contribution in [2.45, 2.75) is 39.3 Å². The highest BCUT2D eigenvalue weighted by molar-refractivity contribution is 5.11. The summed E-state index contributed by atoms with van der Waals surface area (Å²) < 4.78 is 2.02. The molecule has 1 aliphatic rings.